The lowest BCUT2D eigenvalue weighted by molar-refractivity contribution is -0.746. The standard InChI is InChI=1S/C15H18N4O5/c1-17(8-12-15(23)24-16-18(12)2)13(20)9-19(10-14(21)22)11-6-4-3-5-7-11/h3-7H,8-10H2,1-2H3,(H-,16,21,22,23)/p+1. The number of carboxylic acid groups (broad SMARTS) is 1. The lowest BCUT2D eigenvalue weighted by Gasteiger charge is -2.24. The summed E-state index contributed by atoms with van der Waals surface area (Å²) in [7, 11) is 3.14. The highest BCUT2D eigenvalue weighted by molar-refractivity contribution is 5.83. The van der Waals surface area contributed by atoms with Crippen molar-refractivity contribution >= 4 is 17.6 Å². The quantitative estimate of drug-likeness (QED) is 0.650. The zero-order valence-corrected chi connectivity index (χ0v) is 13.4. The minimum absolute atomic E-state index is 0.0524. The van der Waals surface area contributed by atoms with E-state index in [1.54, 1.807) is 38.4 Å². The molecule has 128 valence electrons. The maximum Gasteiger partial charge on any atom is 0.431 e. The SMILES string of the molecule is CN(Cc1c(=O)o[nH][n+]1C)C(=O)CN(CC(=O)O)c1ccccc1. The molecule has 0 radical (unpaired) electrons. The number of benzene rings is 1. The van der Waals surface area contributed by atoms with Gasteiger partial charge in [0.2, 0.25) is 5.91 Å². The molecule has 24 heavy (non-hydrogen) atoms. The van der Waals surface area contributed by atoms with Crippen LogP contribution in [0.15, 0.2) is 39.6 Å². The van der Waals surface area contributed by atoms with Crippen LogP contribution in [-0.2, 0) is 23.2 Å². The van der Waals surface area contributed by atoms with Gasteiger partial charge >= 0.3 is 17.3 Å². The molecule has 0 aliphatic rings. The maximum absolute atomic E-state index is 12.4. The summed E-state index contributed by atoms with van der Waals surface area (Å²) in [6.45, 7) is -0.368. The van der Waals surface area contributed by atoms with E-state index in [-0.39, 0.29) is 31.2 Å². The first-order valence-electron chi connectivity index (χ1n) is 7.20. The third-order valence-corrected chi connectivity index (χ3v) is 3.50. The van der Waals surface area contributed by atoms with E-state index in [9.17, 15) is 14.4 Å². The van der Waals surface area contributed by atoms with Gasteiger partial charge in [-0.1, -0.05) is 22.9 Å². The number of rotatable bonds is 7. The van der Waals surface area contributed by atoms with Crippen molar-refractivity contribution in [2.45, 2.75) is 6.54 Å². The molecule has 0 fully saturated rings. The van der Waals surface area contributed by atoms with Crippen molar-refractivity contribution in [2.24, 2.45) is 7.05 Å². The van der Waals surface area contributed by atoms with Crippen LogP contribution in [0, 0.1) is 0 Å². The van der Waals surface area contributed by atoms with Gasteiger partial charge in [0.15, 0.2) is 7.05 Å². The average molecular weight is 335 g/mol. The molecule has 1 heterocycles. The van der Waals surface area contributed by atoms with Gasteiger partial charge in [0, 0.05) is 12.7 Å². The van der Waals surface area contributed by atoms with Gasteiger partial charge < -0.3 is 14.9 Å². The summed E-state index contributed by atoms with van der Waals surface area (Å²) in [6.07, 6.45) is 0. The largest absolute Gasteiger partial charge is 0.480 e. The predicted octanol–water partition coefficient (Wildman–Crippen LogP) is -0.658. The molecule has 0 spiro atoms. The van der Waals surface area contributed by atoms with Crippen LogP contribution in [0.3, 0.4) is 0 Å². The van der Waals surface area contributed by atoms with Gasteiger partial charge in [0.25, 0.3) is 0 Å². The van der Waals surface area contributed by atoms with Crippen molar-refractivity contribution in [1.29, 1.82) is 0 Å². The first-order chi connectivity index (χ1) is 11.4. The summed E-state index contributed by atoms with van der Waals surface area (Å²) in [5, 5.41) is 11.4. The fraction of sp³-hybridized carbons (Fsp3) is 0.333. The Kier molecular flexibility index (Phi) is 5.35. The minimum Gasteiger partial charge on any atom is -0.480 e. The summed E-state index contributed by atoms with van der Waals surface area (Å²) < 4.78 is 6.02. The number of para-hydroxylation sites is 1. The minimum atomic E-state index is -1.04. The van der Waals surface area contributed by atoms with E-state index in [1.807, 2.05) is 6.07 Å². The number of amides is 1. The van der Waals surface area contributed by atoms with Gasteiger partial charge in [0.05, 0.1) is 6.54 Å². The molecule has 1 amide bonds. The maximum atomic E-state index is 12.4. The van der Waals surface area contributed by atoms with Crippen LogP contribution < -0.4 is 15.2 Å². The van der Waals surface area contributed by atoms with Gasteiger partial charge in [-0.05, 0) is 17.4 Å². The van der Waals surface area contributed by atoms with Gasteiger partial charge in [-0.15, -0.1) is 0 Å². The van der Waals surface area contributed by atoms with Crippen molar-refractivity contribution in [3.8, 4) is 0 Å². The summed E-state index contributed by atoms with van der Waals surface area (Å²) >= 11 is 0. The van der Waals surface area contributed by atoms with Gasteiger partial charge in [-0.3, -0.25) is 14.1 Å². The Morgan fingerprint density at radius 2 is 1.92 bits per heavy atom. The fourth-order valence-corrected chi connectivity index (χ4v) is 2.17. The summed E-state index contributed by atoms with van der Waals surface area (Å²) in [4.78, 5) is 37.8. The molecule has 1 aromatic heterocycles. The number of carbonyl (C=O) groups is 2. The molecule has 9 heteroatoms. The monoisotopic (exact) mass is 335 g/mol. The Morgan fingerprint density at radius 3 is 2.46 bits per heavy atom. The highest BCUT2D eigenvalue weighted by Gasteiger charge is 2.23. The number of H-pyrrole nitrogens is 1. The number of aryl methyl sites for hydroxylation is 1. The Hall–Kier alpha value is -3.10. The molecule has 0 saturated heterocycles. The van der Waals surface area contributed by atoms with Crippen molar-refractivity contribution in [3.05, 3.63) is 46.4 Å². The lowest BCUT2D eigenvalue weighted by Crippen LogP contribution is -2.44. The molecule has 2 aromatic rings. The molecule has 2 rings (SSSR count). The average Bonchev–Trinajstić information content (AvgIpc) is 2.86. The number of likely N-dealkylation sites (N-methyl/N-ethyl adjacent to an activating group) is 1. The number of aromatic amines is 1. The van der Waals surface area contributed by atoms with E-state index >= 15 is 0 Å². The molecule has 9 nitrogen and oxygen atoms in total. The van der Waals surface area contributed by atoms with E-state index in [0.717, 1.165) is 0 Å². The second-order valence-corrected chi connectivity index (χ2v) is 5.32. The first kappa shape index (κ1) is 17.3. The smallest absolute Gasteiger partial charge is 0.431 e. The zero-order chi connectivity index (χ0) is 17.7. The number of nitrogens with zero attached hydrogens (tertiary/aromatic N) is 3. The number of anilines is 1. The van der Waals surface area contributed by atoms with Crippen LogP contribution in [0.25, 0.3) is 0 Å². The lowest BCUT2D eigenvalue weighted by atomic mass is 10.2. The third-order valence-electron chi connectivity index (χ3n) is 3.50. The number of carboxylic acids is 1. The molecular formula is C15H19N4O5+. The van der Waals surface area contributed by atoms with Crippen LogP contribution in [0.5, 0.6) is 0 Å². The first-order valence-corrected chi connectivity index (χ1v) is 7.20. The summed E-state index contributed by atoms with van der Waals surface area (Å²) in [6, 6.07) is 8.81. The number of nitrogens with one attached hydrogen (secondary N) is 1. The molecular weight excluding hydrogens is 316 g/mol. The van der Waals surface area contributed by atoms with Crippen molar-refractivity contribution in [1.82, 2.24) is 10.2 Å². The van der Waals surface area contributed by atoms with Crippen LogP contribution in [0.2, 0.25) is 0 Å². The van der Waals surface area contributed by atoms with E-state index in [2.05, 4.69) is 9.79 Å². The van der Waals surface area contributed by atoms with Crippen molar-refractivity contribution < 1.29 is 23.9 Å². The summed E-state index contributed by atoms with van der Waals surface area (Å²) in [5.41, 5.74) is 0.367. The Balaban J connectivity index is 2.09. The van der Waals surface area contributed by atoms with Gasteiger partial charge in [-0.25, -0.2) is 4.79 Å². The topological polar surface area (TPSA) is 111 Å². The normalized spacial score (nSPS) is 10.4. The predicted molar refractivity (Wildman–Crippen MR) is 83.3 cm³/mol. The Morgan fingerprint density at radius 1 is 1.25 bits per heavy atom. The second-order valence-electron chi connectivity index (χ2n) is 5.32. The van der Waals surface area contributed by atoms with E-state index in [1.165, 1.54) is 14.5 Å². The number of hydrogen-bond donors (Lipinski definition) is 2. The second kappa shape index (κ2) is 7.44. The zero-order valence-electron chi connectivity index (χ0n) is 13.4. The number of carbonyl (C=O) groups excluding carboxylic acids is 1. The molecule has 0 saturated carbocycles. The molecule has 0 atom stereocenters. The molecule has 2 N–H and O–H groups in total. The van der Waals surface area contributed by atoms with Crippen LogP contribution in [0.1, 0.15) is 5.69 Å². The van der Waals surface area contributed by atoms with Crippen LogP contribution >= 0.6 is 0 Å². The van der Waals surface area contributed by atoms with Crippen molar-refractivity contribution in [2.75, 3.05) is 25.0 Å². The molecule has 0 bridgehead atoms. The van der Waals surface area contributed by atoms with E-state index in [0.29, 0.717) is 5.69 Å². The van der Waals surface area contributed by atoms with Crippen LogP contribution in [0.4, 0.5) is 5.69 Å². The molecule has 0 aliphatic heterocycles. The number of aliphatic carboxylic acids is 1. The number of aromatic nitrogens is 2. The highest BCUT2D eigenvalue weighted by atomic mass is 16.5. The summed E-state index contributed by atoms with van der Waals surface area (Å²) in [5.74, 6) is -1.35. The van der Waals surface area contributed by atoms with Gasteiger partial charge in [-0.2, -0.15) is 0 Å². The van der Waals surface area contributed by atoms with Gasteiger partial charge in [0.1, 0.15) is 13.1 Å². The molecule has 0 aliphatic carbocycles. The Labute approximate surface area is 137 Å². The van der Waals surface area contributed by atoms with Crippen molar-refractivity contribution in [3.63, 3.8) is 0 Å². The van der Waals surface area contributed by atoms with Crippen LogP contribution in [-0.4, -0.2) is 47.3 Å². The molecule has 1 aromatic carbocycles. The fourth-order valence-electron chi connectivity index (χ4n) is 2.17. The van der Waals surface area contributed by atoms with E-state index in [4.69, 9.17) is 5.11 Å². The Bertz CT molecular complexity index is 768. The highest BCUT2D eigenvalue weighted by Crippen LogP contribution is 2.13. The third kappa shape index (κ3) is 4.22. The molecule has 0 unspecified atom stereocenters. The van der Waals surface area contributed by atoms with E-state index < -0.39 is 11.6 Å². The number of hydrogen-bond acceptors (Lipinski definition) is 5.